The largest absolute Gasteiger partial charge is 0.507 e. The fourth-order valence-electron chi connectivity index (χ4n) is 6.22. The molecule has 8 unspecified atom stereocenters. The first-order valence-electron chi connectivity index (χ1n) is 16.6. The molecule has 4 N–H and O–H groups in total. The van der Waals surface area contributed by atoms with Gasteiger partial charge in [-0.2, -0.15) is 0 Å². The van der Waals surface area contributed by atoms with E-state index in [4.69, 9.17) is 42.1 Å². The normalized spacial score (nSPS) is 26.9. The van der Waals surface area contributed by atoms with Crippen LogP contribution < -0.4 is 0 Å². The lowest BCUT2D eigenvalue weighted by atomic mass is 9.95. The smallest absolute Gasteiger partial charge is 0.188 e. The molecule has 252 valence electrons. The molecule has 8 atom stereocenters. The van der Waals surface area contributed by atoms with Gasteiger partial charge in [0.25, 0.3) is 0 Å². The summed E-state index contributed by atoms with van der Waals surface area (Å²) in [5, 5.41) is 43.0. The van der Waals surface area contributed by atoms with Crippen LogP contribution in [0.4, 0.5) is 0 Å². The minimum absolute atomic E-state index is 0.0369. The SMILES string of the molecule is CCCCC1CC(CC(O)CCCC2CC(CCCC(O)CC)OC(c3cc(Cl)ccc3O)O2)OC(c2cc(Cl)ccc2O)O1. The summed E-state index contributed by atoms with van der Waals surface area (Å²) in [5.41, 5.74) is 0.999. The third-order valence-corrected chi connectivity index (χ3v) is 9.29. The molecular formula is C35H50Cl2O8. The number of phenolic OH excluding ortho intramolecular Hbond substituents is 2. The zero-order valence-electron chi connectivity index (χ0n) is 26.5. The molecule has 0 radical (unpaired) electrons. The fourth-order valence-corrected chi connectivity index (χ4v) is 6.58. The summed E-state index contributed by atoms with van der Waals surface area (Å²) in [7, 11) is 0. The summed E-state index contributed by atoms with van der Waals surface area (Å²) in [6.45, 7) is 4.11. The van der Waals surface area contributed by atoms with Crippen molar-refractivity contribution in [1.29, 1.82) is 0 Å². The molecule has 2 aliphatic heterocycles. The Labute approximate surface area is 277 Å². The van der Waals surface area contributed by atoms with Gasteiger partial charge in [0, 0.05) is 22.9 Å². The highest BCUT2D eigenvalue weighted by Crippen LogP contribution is 2.40. The number of hydrogen-bond acceptors (Lipinski definition) is 8. The first-order valence-corrected chi connectivity index (χ1v) is 17.3. The van der Waals surface area contributed by atoms with Crippen molar-refractivity contribution in [3.05, 3.63) is 57.6 Å². The van der Waals surface area contributed by atoms with Gasteiger partial charge in [-0.3, -0.25) is 0 Å². The minimum atomic E-state index is -0.748. The zero-order chi connectivity index (χ0) is 32.3. The molecule has 0 saturated carbocycles. The van der Waals surface area contributed by atoms with Crippen LogP contribution in [0.1, 0.15) is 121 Å². The molecule has 2 fully saturated rings. The highest BCUT2D eigenvalue weighted by Gasteiger charge is 2.35. The molecule has 2 heterocycles. The van der Waals surface area contributed by atoms with Gasteiger partial charge in [-0.25, -0.2) is 0 Å². The summed E-state index contributed by atoms with van der Waals surface area (Å²) >= 11 is 12.4. The third-order valence-electron chi connectivity index (χ3n) is 8.82. The molecule has 2 aromatic carbocycles. The maximum atomic E-state index is 11.1. The maximum Gasteiger partial charge on any atom is 0.188 e. The van der Waals surface area contributed by atoms with Crippen LogP contribution in [-0.4, -0.2) is 57.0 Å². The number of unbranched alkanes of at least 4 members (excludes halogenated alkanes) is 1. The Morgan fingerprint density at radius 1 is 0.667 bits per heavy atom. The Bertz CT molecular complexity index is 1180. The number of rotatable bonds is 16. The summed E-state index contributed by atoms with van der Waals surface area (Å²) < 4.78 is 25.0. The quantitative estimate of drug-likeness (QED) is 0.141. The van der Waals surface area contributed by atoms with Crippen LogP contribution >= 0.6 is 23.2 Å². The lowest BCUT2D eigenvalue weighted by molar-refractivity contribution is -0.254. The van der Waals surface area contributed by atoms with Crippen molar-refractivity contribution in [2.24, 2.45) is 0 Å². The average Bonchev–Trinajstić information content (AvgIpc) is 3.02. The number of aliphatic hydroxyl groups is 2. The topological polar surface area (TPSA) is 118 Å². The zero-order valence-corrected chi connectivity index (χ0v) is 28.0. The third kappa shape index (κ3) is 11.2. The second-order valence-electron chi connectivity index (χ2n) is 12.5. The molecule has 2 aromatic rings. The number of ether oxygens (including phenoxy) is 4. The van der Waals surface area contributed by atoms with Crippen LogP contribution in [0, 0.1) is 0 Å². The number of phenols is 2. The van der Waals surface area contributed by atoms with E-state index in [1.807, 2.05) is 6.92 Å². The minimum Gasteiger partial charge on any atom is -0.507 e. The van der Waals surface area contributed by atoms with Crippen molar-refractivity contribution in [2.45, 2.75) is 147 Å². The molecule has 10 heteroatoms. The lowest BCUT2D eigenvalue weighted by Crippen LogP contribution is -2.36. The first-order chi connectivity index (χ1) is 21.6. The van der Waals surface area contributed by atoms with E-state index in [1.54, 1.807) is 36.4 Å². The van der Waals surface area contributed by atoms with Crippen molar-refractivity contribution in [3.63, 3.8) is 0 Å². The van der Waals surface area contributed by atoms with Crippen molar-refractivity contribution >= 4 is 23.2 Å². The Kier molecular flexibility index (Phi) is 14.5. The Balaban J connectivity index is 1.33. The van der Waals surface area contributed by atoms with Crippen LogP contribution in [-0.2, 0) is 18.9 Å². The monoisotopic (exact) mass is 668 g/mol. The Morgan fingerprint density at radius 2 is 1.11 bits per heavy atom. The van der Waals surface area contributed by atoms with E-state index >= 15 is 0 Å². The molecule has 8 nitrogen and oxygen atoms in total. The first kappa shape index (κ1) is 36.2. The summed E-state index contributed by atoms with van der Waals surface area (Å²) in [4.78, 5) is 0. The average molecular weight is 670 g/mol. The van der Waals surface area contributed by atoms with E-state index < -0.39 is 18.7 Å². The maximum absolute atomic E-state index is 11.1. The molecule has 0 spiro atoms. The molecule has 2 saturated heterocycles. The van der Waals surface area contributed by atoms with Gasteiger partial charge in [-0.05, 0) is 94.2 Å². The predicted octanol–water partition coefficient (Wildman–Crippen LogP) is 8.50. The molecule has 2 aliphatic rings. The van der Waals surface area contributed by atoms with E-state index in [9.17, 15) is 20.4 Å². The van der Waals surface area contributed by atoms with Crippen LogP contribution in [0.5, 0.6) is 11.5 Å². The fraction of sp³-hybridized carbons (Fsp3) is 0.657. The molecule has 0 bridgehead atoms. The number of hydrogen-bond donors (Lipinski definition) is 4. The van der Waals surface area contributed by atoms with Crippen LogP contribution in [0.3, 0.4) is 0 Å². The summed E-state index contributed by atoms with van der Waals surface area (Å²) in [5.74, 6) is 0.138. The highest BCUT2D eigenvalue weighted by molar-refractivity contribution is 6.31. The van der Waals surface area contributed by atoms with E-state index in [0.717, 1.165) is 51.4 Å². The highest BCUT2D eigenvalue weighted by atomic mass is 35.5. The Morgan fingerprint density at radius 3 is 1.60 bits per heavy atom. The number of aliphatic hydroxyl groups excluding tert-OH is 2. The molecule has 4 rings (SSSR count). The number of halogens is 2. The summed E-state index contributed by atoms with van der Waals surface area (Å²) in [6, 6.07) is 9.67. The van der Waals surface area contributed by atoms with Crippen LogP contribution in [0.25, 0.3) is 0 Å². The second-order valence-corrected chi connectivity index (χ2v) is 13.4. The summed E-state index contributed by atoms with van der Waals surface area (Å²) in [6.07, 6.45) is 7.01. The van der Waals surface area contributed by atoms with Gasteiger partial charge in [0.1, 0.15) is 11.5 Å². The van der Waals surface area contributed by atoms with Crippen molar-refractivity contribution in [2.75, 3.05) is 0 Å². The number of benzene rings is 2. The standard InChI is InChI=1S/C35H50Cl2O8/c1-3-5-10-26-21-29(45-35(42-26)31-18-23(37)14-16-33(31)41)19-25(39)9-7-12-28-20-27(11-6-8-24(38)4-2)43-34(44-28)30-17-22(36)13-15-32(30)40/h13-18,24-29,34-35,38-41H,3-12,19-21H2,1-2H3. The van der Waals surface area contributed by atoms with Gasteiger partial charge >= 0.3 is 0 Å². The van der Waals surface area contributed by atoms with Gasteiger partial charge < -0.3 is 39.4 Å². The molecule has 0 amide bonds. The van der Waals surface area contributed by atoms with E-state index in [-0.39, 0.29) is 42.0 Å². The van der Waals surface area contributed by atoms with Crippen molar-refractivity contribution in [3.8, 4) is 11.5 Å². The molecule has 0 aliphatic carbocycles. The van der Waals surface area contributed by atoms with E-state index in [1.165, 1.54) is 0 Å². The molecule has 45 heavy (non-hydrogen) atoms. The van der Waals surface area contributed by atoms with Crippen LogP contribution in [0.15, 0.2) is 36.4 Å². The van der Waals surface area contributed by atoms with E-state index in [0.29, 0.717) is 53.3 Å². The van der Waals surface area contributed by atoms with Crippen LogP contribution in [0.2, 0.25) is 10.0 Å². The van der Waals surface area contributed by atoms with Gasteiger partial charge in [0.2, 0.25) is 0 Å². The number of aromatic hydroxyl groups is 2. The lowest BCUT2D eigenvalue weighted by Gasteiger charge is -2.37. The van der Waals surface area contributed by atoms with E-state index in [2.05, 4.69) is 6.92 Å². The molecule has 0 aromatic heterocycles. The van der Waals surface area contributed by atoms with Crippen molar-refractivity contribution < 1.29 is 39.4 Å². The Hall–Kier alpha value is -1.62. The molecular weight excluding hydrogens is 619 g/mol. The van der Waals surface area contributed by atoms with Gasteiger partial charge in [-0.15, -0.1) is 0 Å². The van der Waals surface area contributed by atoms with Gasteiger partial charge in [-0.1, -0.05) is 49.9 Å². The van der Waals surface area contributed by atoms with Crippen molar-refractivity contribution in [1.82, 2.24) is 0 Å². The van der Waals surface area contributed by atoms with Gasteiger partial charge in [0.05, 0.1) is 47.8 Å². The predicted molar refractivity (Wildman–Crippen MR) is 175 cm³/mol. The van der Waals surface area contributed by atoms with Gasteiger partial charge in [0.15, 0.2) is 12.6 Å². The second kappa shape index (κ2) is 18.1.